The molecule has 2 amide bonds. The van der Waals surface area contributed by atoms with E-state index in [2.05, 4.69) is 10.3 Å². The largest absolute Gasteiger partial charge is 0.396 e. The molecule has 1 saturated heterocycles. The molecule has 5 N–H and O–H groups in total. The predicted octanol–water partition coefficient (Wildman–Crippen LogP) is -0.595. The molecule has 1 atom stereocenters. The van der Waals surface area contributed by atoms with Gasteiger partial charge in [-0.2, -0.15) is 0 Å². The van der Waals surface area contributed by atoms with Gasteiger partial charge in [-0.15, -0.1) is 0 Å². The number of nitrogens with zero attached hydrogens (tertiary/aromatic N) is 2. The molecule has 1 aromatic heterocycles. The molecule has 1 aliphatic rings. The standard InChI is InChI=1S/C11H15N5O2/c1-16-5-4-8(11(16)18)15-10-6(12)2-3-7(14-10)9(13)17/h2-3,8H,4-5,12H2,1H3,(H2,13,17)(H,14,15). The highest BCUT2D eigenvalue weighted by Gasteiger charge is 2.29. The van der Waals surface area contributed by atoms with Crippen molar-refractivity contribution in [2.75, 3.05) is 24.6 Å². The number of likely N-dealkylation sites (tertiary alicyclic amines) is 1. The predicted molar refractivity (Wildman–Crippen MR) is 66.8 cm³/mol. The molecule has 0 radical (unpaired) electrons. The van der Waals surface area contributed by atoms with Gasteiger partial charge in [0.25, 0.3) is 5.91 Å². The van der Waals surface area contributed by atoms with Gasteiger partial charge in [-0.3, -0.25) is 9.59 Å². The fourth-order valence-corrected chi connectivity index (χ4v) is 1.84. The first-order chi connectivity index (χ1) is 8.49. The van der Waals surface area contributed by atoms with Gasteiger partial charge in [0, 0.05) is 13.6 Å². The second kappa shape index (κ2) is 4.52. The number of carbonyl (C=O) groups excluding carboxylic acids is 2. The van der Waals surface area contributed by atoms with Crippen LogP contribution in [-0.2, 0) is 4.79 Å². The van der Waals surface area contributed by atoms with Crippen LogP contribution in [0, 0.1) is 0 Å². The Hall–Kier alpha value is -2.31. The zero-order valence-electron chi connectivity index (χ0n) is 10.0. The van der Waals surface area contributed by atoms with Crippen LogP contribution in [0.1, 0.15) is 16.9 Å². The number of hydrogen-bond acceptors (Lipinski definition) is 5. The molecule has 2 heterocycles. The molecule has 1 aliphatic heterocycles. The molecule has 0 bridgehead atoms. The maximum atomic E-state index is 11.7. The van der Waals surface area contributed by atoms with Crippen LogP contribution in [0.2, 0.25) is 0 Å². The highest BCUT2D eigenvalue weighted by molar-refractivity contribution is 5.92. The number of nitrogens with one attached hydrogen (secondary N) is 1. The summed E-state index contributed by atoms with van der Waals surface area (Å²) in [5.41, 5.74) is 11.4. The summed E-state index contributed by atoms with van der Waals surface area (Å²) >= 11 is 0. The monoisotopic (exact) mass is 249 g/mol. The van der Waals surface area contributed by atoms with Gasteiger partial charge in [0.15, 0.2) is 5.82 Å². The van der Waals surface area contributed by atoms with Crippen molar-refractivity contribution in [1.29, 1.82) is 0 Å². The molecule has 7 nitrogen and oxygen atoms in total. The number of likely N-dealkylation sites (N-methyl/N-ethyl adjacent to an activating group) is 1. The molecule has 0 aliphatic carbocycles. The number of nitrogens with two attached hydrogens (primary N) is 2. The quantitative estimate of drug-likeness (QED) is 0.662. The second-order valence-electron chi connectivity index (χ2n) is 4.24. The molecule has 1 fully saturated rings. The SMILES string of the molecule is CN1CCC(Nc2nc(C(N)=O)ccc2N)C1=O. The van der Waals surface area contributed by atoms with Crippen LogP contribution in [0.5, 0.6) is 0 Å². The fourth-order valence-electron chi connectivity index (χ4n) is 1.84. The van der Waals surface area contributed by atoms with Gasteiger partial charge in [-0.05, 0) is 18.6 Å². The molecule has 1 unspecified atom stereocenters. The minimum Gasteiger partial charge on any atom is -0.396 e. The van der Waals surface area contributed by atoms with Crippen LogP contribution in [-0.4, -0.2) is 41.3 Å². The van der Waals surface area contributed by atoms with Gasteiger partial charge in [0.05, 0.1) is 5.69 Å². The van der Waals surface area contributed by atoms with Crippen molar-refractivity contribution >= 4 is 23.3 Å². The van der Waals surface area contributed by atoms with E-state index >= 15 is 0 Å². The number of pyridine rings is 1. The van der Waals surface area contributed by atoms with E-state index in [-0.39, 0.29) is 17.6 Å². The lowest BCUT2D eigenvalue weighted by Gasteiger charge is -2.14. The lowest BCUT2D eigenvalue weighted by molar-refractivity contribution is -0.127. The van der Waals surface area contributed by atoms with Crippen molar-refractivity contribution in [2.45, 2.75) is 12.5 Å². The fraction of sp³-hybridized carbons (Fsp3) is 0.364. The third-order valence-corrected chi connectivity index (χ3v) is 2.92. The molecule has 96 valence electrons. The lowest BCUT2D eigenvalue weighted by atomic mass is 10.2. The van der Waals surface area contributed by atoms with Gasteiger partial charge in [-0.1, -0.05) is 0 Å². The van der Waals surface area contributed by atoms with Crippen molar-refractivity contribution in [3.05, 3.63) is 17.8 Å². The minimum absolute atomic E-state index is 0.0133. The maximum absolute atomic E-state index is 11.7. The van der Waals surface area contributed by atoms with Gasteiger partial charge in [0.1, 0.15) is 11.7 Å². The van der Waals surface area contributed by atoms with E-state index in [4.69, 9.17) is 11.5 Å². The van der Waals surface area contributed by atoms with E-state index in [1.54, 1.807) is 18.0 Å². The summed E-state index contributed by atoms with van der Waals surface area (Å²) in [4.78, 5) is 28.4. The maximum Gasteiger partial charge on any atom is 0.267 e. The topological polar surface area (TPSA) is 114 Å². The first-order valence-corrected chi connectivity index (χ1v) is 5.57. The van der Waals surface area contributed by atoms with Crippen molar-refractivity contribution in [2.24, 2.45) is 5.73 Å². The van der Waals surface area contributed by atoms with Crippen LogP contribution >= 0.6 is 0 Å². The Morgan fingerprint density at radius 1 is 1.56 bits per heavy atom. The first kappa shape index (κ1) is 12.2. The highest BCUT2D eigenvalue weighted by Crippen LogP contribution is 2.20. The van der Waals surface area contributed by atoms with Gasteiger partial charge >= 0.3 is 0 Å². The normalized spacial score (nSPS) is 19.1. The Kier molecular flexibility index (Phi) is 3.05. The Morgan fingerprint density at radius 3 is 2.83 bits per heavy atom. The summed E-state index contributed by atoms with van der Waals surface area (Å²) < 4.78 is 0. The number of amides is 2. The van der Waals surface area contributed by atoms with Crippen LogP contribution < -0.4 is 16.8 Å². The molecular weight excluding hydrogens is 234 g/mol. The number of nitrogen functional groups attached to an aromatic ring is 1. The Morgan fingerprint density at radius 2 is 2.28 bits per heavy atom. The highest BCUT2D eigenvalue weighted by atomic mass is 16.2. The molecule has 1 aromatic rings. The van der Waals surface area contributed by atoms with Crippen molar-refractivity contribution in [1.82, 2.24) is 9.88 Å². The summed E-state index contributed by atoms with van der Waals surface area (Å²) in [6, 6.07) is 2.64. The second-order valence-corrected chi connectivity index (χ2v) is 4.24. The number of primary amides is 1. The number of hydrogen-bond donors (Lipinski definition) is 3. The van der Waals surface area contributed by atoms with Gasteiger partial charge in [0.2, 0.25) is 5.91 Å². The summed E-state index contributed by atoms with van der Waals surface area (Å²) in [5, 5.41) is 2.95. The number of aromatic nitrogens is 1. The average Bonchev–Trinajstić information content (AvgIpc) is 2.63. The summed E-state index contributed by atoms with van der Waals surface area (Å²) in [5.74, 6) is -0.325. The molecule has 2 rings (SSSR count). The Balaban J connectivity index is 2.21. The van der Waals surface area contributed by atoms with E-state index in [0.29, 0.717) is 24.5 Å². The van der Waals surface area contributed by atoms with Crippen LogP contribution in [0.3, 0.4) is 0 Å². The van der Waals surface area contributed by atoms with Crippen LogP contribution in [0.15, 0.2) is 12.1 Å². The van der Waals surface area contributed by atoms with E-state index in [1.165, 1.54) is 6.07 Å². The van der Waals surface area contributed by atoms with E-state index in [0.717, 1.165) is 0 Å². The van der Waals surface area contributed by atoms with Crippen molar-refractivity contribution < 1.29 is 9.59 Å². The number of carbonyl (C=O) groups is 2. The Labute approximate surface area is 104 Å². The van der Waals surface area contributed by atoms with Crippen molar-refractivity contribution in [3.63, 3.8) is 0 Å². The molecule has 7 heteroatoms. The molecule has 0 spiro atoms. The zero-order valence-corrected chi connectivity index (χ0v) is 10.0. The van der Waals surface area contributed by atoms with Gasteiger partial charge in [-0.25, -0.2) is 4.98 Å². The van der Waals surface area contributed by atoms with Gasteiger partial charge < -0.3 is 21.7 Å². The smallest absolute Gasteiger partial charge is 0.267 e. The number of anilines is 2. The van der Waals surface area contributed by atoms with Crippen LogP contribution in [0.4, 0.5) is 11.5 Å². The third kappa shape index (κ3) is 2.20. The summed E-state index contributed by atoms with van der Waals surface area (Å²) in [6.07, 6.45) is 0.678. The Bertz CT molecular complexity index is 502. The molecule has 18 heavy (non-hydrogen) atoms. The zero-order chi connectivity index (χ0) is 13.3. The molecular formula is C11H15N5O2. The van der Waals surface area contributed by atoms with E-state index in [9.17, 15) is 9.59 Å². The minimum atomic E-state index is -0.632. The van der Waals surface area contributed by atoms with E-state index in [1.807, 2.05) is 0 Å². The van der Waals surface area contributed by atoms with Crippen molar-refractivity contribution in [3.8, 4) is 0 Å². The van der Waals surface area contributed by atoms with E-state index < -0.39 is 5.91 Å². The molecule has 0 aromatic carbocycles. The van der Waals surface area contributed by atoms with Crippen LogP contribution in [0.25, 0.3) is 0 Å². The third-order valence-electron chi connectivity index (χ3n) is 2.92. The number of rotatable bonds is 3. The summed E-state index contributed by atoms with van der Waals surface area (Å²) in [7, 11) is 1.74. The average molecular weight is 249 g/mol. The lowest BCUT2D eigenvalue weighted by Crippen LogP contribution is -2.31. The first-order valence-electron chi connectivity index (χ1n) is 5.57. The molecule has 0 saturated carbocycles. The summed E-state index contributed by atoms with van der Waals surface area (Å²) in [6.45, 7) is 0.686.